The van der Waals surface area contributed by atoms with E-state index in [1.165, 1.54) is 42.2 Å². The Labute approximate surface area is 609 Å². The summed E-state index contributed by atoms with van der Waals surface area (Å²) in [4.78, 5) is 57.0. The number of methoxy groups -OCH3 is 3. The molecule has 13 aliphatic carbocycles. The highest BCUT2D eigenvalue weighted by Crippen LogP contribution is 2.81. The molecule has 12 heteroatoms. The van der Waals surface area contributed by atoms with E-state index in [0.29, 0.717) is 23.3 Å². The van der Waals surface area contributed by atoms with Gasteiger partial charge in [0, 0.05) is 33.4 Å². The second-order valence-electron chi connectivity index (χ2n) is 41.8. The molecule has 9 fully saturated rings. The minimum Gasteiger partial charge on any atom is -0.482 e. The Morgan fingerprint density at radius 3 is 1.53 bits per heavy atom. The van der Waals surface area contributed by atoms with E-state index in [1.54, 1.807) is 20.3 Å². The SMILES string of the molecule is COC(=O)[C@]1(C)CC[C@]2(C)CC[C@]3(C)C4CCc5c(cc6c(c5C)O[C@@H]5C7[C@@](C)(CC[C@@]8(C)C9C[C@](C)(C(=O)OC)CC[C@]9(C)CC[C@]78C)c7cc8c(c(C)c7[C@@H]5O6)O[C@@]5(C)C6=CC=C7[C@@](C)(CC[C@@]9(C)[C@@H]%10C[C@](C)(C(=O)OC)CC[C@]%10(C)CC[C@]79C)C6=CC(=O)[C@@]5(O)O8)[C@]4(C)CC[C@@]3(C)C2C1. The average Bonchev–Trinajstić information content (AvgIpc) is 0.668. The van der Waals surface area contributed by atoms with E-state index in [9.17, 15) is 19.5 Å². The van der Waals surface area contributed by atoms with Gasteiger partial charge in [-0.05, 0) is 313 Å². The first kappa shape index (κ1) is 69.9. The van der Waals surface area contributed by atoms with Crippen LogP contribution in [0.2, 0.25) is 0 Å². The average molecular weight is 1400 g/mol. The minimum atomic E-state index is -2.40. The van der Waals surface area contributed by atoms with Crippen molar-refractivity contribution in [2.45, 2.75) is 307 Å². The maximum Gasteiger partial charge on any atom is 0.317 e. The predicted octanol–water partition coefficient (Wildman–Crippen LogP) is 19.3. The van der Waals surface area contributed by atoms with Gasteiger partial charge in [0.25, 0.3) is 0 Å². The lowest BCUT2D eigenvalue weighted by Gasteiger charge is -2.73. The van der Waals surface area contributed by atoms with Crippen LogP contribution in [0.4, 0.5) is 0 Å². The summed E-state index contributed by atoms with van der Waals surface area (Å²) in [5, 5.41) is 13.6. The van der Waals surface area contributed by atoms with E-state index in [2.05, 4.69) is 142 Å². The van der Waals surface area contributed by atoms with Crippen LogP contribution < -0.4 is 18.9 Å². The summed E-state index contributed by atoms with van der Waals surface area (Å²) in [7, 11) is 4.65. The van der Waals surface area contributed by atoms with Crippen molar-refractivity contribution < 1.29 is 57.4 Å². The Bertz CT molecular complexity index is 4200. The molecule has 0 radical (unpaired) electrons. The highest BCUT2D eigenvalue weighted by molar-refractivity contribution is 6.02. The lowest BCUT2D eigenvalue weighted by Crippen LogP contribution is -2.70. The van der Waals surface area contributed by atoms with Crippen molar-refractivity contribution >= 4 is 23.7 Å². The monoisotopic (exact) mass is 1390 g/mol. The van der Waals surface area contributed by atoms with Crippen molar-refractivity contribution in [3.05, 3.63) is 80.5 Å². The van der Waals surface area contributed by atoms with Crippen LogP contribution in [0.5, 0.6) is 23.0 Å². The van der Waals surface area contributed by atoms with Crippen molar-refractivity contribution in [2.24, 2.45) is 100.0 Å². The van der Waals surface area contributed by atoms with Crippen LogP contribution in [0, 0.1) is 114 Å². The van der Waals surface area contributed by atoms with Gasteiger partial charge in [-0.3, -0.25) is 19.2 Å². The highest BCUT2D eigenvalue weighted by Gasteiger charge is 2.76. The zero-order valence-electron chi connectivity index (χ0n) is 66.1. The van der Waals surface area contributed by atoms with E-state index >= 15 is 4.79 Å². The van der Waals surface area contributed by atoms with E-state index in [4.69, 9.17) is 33.2 Å². The lowest BCUT2D eigenvalue weighted by molar-refractivity contribution is -0.239. The third-order valence-corrected chi connectivity index (χ3v) is 37.8. The van der Waals surface area contributed by atoms with Crippen molar-refractivity contribution in [1.29, 1.82) is 0 Å². The summed E-state index contributed by atoms with van der Waals surface area (Å²) in [6.07, 6.45) is 27.3. The molecule has 2 aliphatic heterocycles. The van der Waals surface area contributed by atoms with Gasteiger partial charge in [-0.1, -0.05) is 101 Å². The number of esters is 3. The molecule has 0 aromatic heterocycles. The summed E-state index contributed by atoms with van der Waals surface area (Å²) in [5.74, 6) is 0.651. The van der Waals surface area contributed by atoms with Gasteiger partial charge in [0.1, 0.15) is 6.10 Å². The third kappa shape index (κ3) is 8.03. The summed E-state index contributed by atoms with van der Waals surface area (Å²) in [5.41, 5.74) is 5.00. The van der Waals surface area contributed by atoms with E-state index in [0.717, 1.165) is 174 Å². The molecule has 0 saturated heterocycles. The molecule has 0 spiro atoms. The topological polar surface area (TPSA) is 153 Å². The van der Waals surface area contributed by atoms with Crippen LogP contribution in [-0.2, 0) is 50.6 Å². The standard InChI is InChI=1S/C90H122O12/c1-50-52-22-24-59-80(9,35-41-85(14)61-47-77(6,71(92)96-19)29-26-74(61,3)32-38-83(59,85)12)54(52)44-57-66(50)100-69-68(99-57)65-51(2)67-58(45-56(65)82(11)37-43-87(16)63-49-79(8,73(94)98-21)31-28-76(63,5)34-40-88(87,17)70(69)82)101-90(95)64(91)46-55-53(89(90,18)102-67)23-25-60-81(55,10)36-42-86(15)62-48-78(7,72(93)97-20)30-27-75(62,4)33-39-84(60,86)13/h23,25,44-46,59,61-63,68-70,95H,22,24,26-43,47-49H2,1-21H3/t59?,61?,62-,63?,68+,69+,70?,74-,75-,76-,77-,78-,79-,80+,81+,82+,83-,84-,85+,86+,87+,88-,89+,90-/m1/s1. The molecule has 102 heavy (non-hydrogen) atoms. The fourth-order valence-electron chi connectivity index (χ4n) is 30.3. The molecule has 17 rings (SSSR count). The van der Waals surface area contributed by atoms with Gasteiger partial charge in [-0.25, -0.2) is 0 Å². The molecule has 2 aromatic rings. The molecule has 0 bridgehead atoms. The summed E-state index contributed by atoms with van der Waals surface area (Å²) >= 11 is 0. The molecule has 24 atom stereocenters. The van der Waals surface area contributed by atoms with Crippen molar-refractivity contribution in [3.8, 4) is 23.0 Å². The van der Waals surface area contributed by atoms with Crippen LogP contribution in [0.15, 0.2) is 47.1 Å². The van der Waals surface area contributed by atoms with E-state index < -0.39 is 56.5 Å². The first-order valence-electron chi connectivity index (χ1n) is 40.2. The number of aliphatic hydroxyl groups is 1. The van der Waals surface area contributed by atoms with Gasteiger partial charge in [0.15, 0.2) is 29.1 Å². The zero-order valence-corrected chi connectivity index (χ0v) is 66.1. The number of benzene rings is 2. The largest absolute Gasteiger partial charge is 0.482 e. The predicted molar refractivity (Wildman–Crippen MR) is 393 cm³/mol. The van der Waals surface area contributed by atoms with Gasteiger partial charge in [0.2, 0.25) is 11.4 Å². The van der Waals surface area contributed by atoms with Crippen LogP contribution >= 0.6 is 0 Å². The van der Waals surface area contributed by atoms with Gasteiger partial charge >= 0.3 is 23.7 Å². The molecule has 2 heterocycles. The maximum atomic E-state index is 15.7. The van der Waals surface area contributed by atoms with Gasteiger partial charge in [-0.15, -0.1) is 0 Å². The Kier molecular flexibility index (Phi) is 14.2. The first-order valence-corrected chi connectivity index (χ1v) is 40.2. The van der Waals surface area contributed by atoms with Crippen LogP contribution in [0.25, 0.3) is 0 Å². The highest BCUT2D eigenvalue weighted by atomic mass is 16.7. The zero-order chi connectivity index (χ0) is 73.1. The minimum absolute atomic E-state index is 0.0331. The maximum absolute atomic E-state index is 15.7. The number of fused-ring (bicyclic) bond motifs is 28. The van der Waals surface area contributed by atoms with Gasteiger partial charge < -0.3 is 38.3 Å². The number of hydrogen-bond donors (Lipinski definition) is 1. The van der Waals surface area contributed by atoms with E-state index in [-0.39, 0.29) is 89.8 Å². The van der Waals surface area contributed by atoms with Crippen LogP contribution in [0.1, 0.15) is 292 Å². The van der Waals surface area contributed by atoms with E-state index in [1.807, 2.05) is 6.92 Å². The Morgan fingerprint density at radius 2 is 0.961 bits per heavy atom. The summed E-state index contributed by atoms with van der Waals surface area (Å²) < 4.78 is 48.0. The molecule has 9 saturated carbocycles. The number of carbonyl (C=O) groups excluding carboxylic acids is 4. The van der Waals surface area contributed by atoms with Crippen LogP contribution in [-0.4, -0.2) is 67.6 Å². The Morgan fingerprint density at radius 1 is 0.480 bits per heavy atom. The Balaban J connectivity index is 0.789. The molecule has 1 N–H and O–H groups in total. The molecular weight excluding hydrogens is 1270 g/mol. The number of rotatable bonds is 3. The molecule has 2 aromatic carbocycles. The fourth-order valence-corrected chi connectivity index (χ4v) is 30.3. The first-order chi connectivity index (χ1) is 47.5. The number of carbonyl (C=O) groups is 4. The van der Waals surface area contributed by atoms with Crippen molar-refractivity contribution in [3.63, 3.8) is 0 Å². The number of hydrogen-bond acceptors (Lipinski definition) is 12. The summed E-state index contributed by atoms with van der Waals surface area (Å²) in [6.45, 7) is 43.1. The second-order valence-corrected chi connectivity index (χ2v) is 41.8. The number of ketones is 1. The lowest BCUT2D eigenvalue weighted by atomic mass is 9.32. The number of allylic oxidation sites excluding steroid dienone is 3. The summed E-state index contributed by atoms with van der Waals surface area (Å²) in [6, 6.07) is 4.60. The van der Waals surface area contributed by atoms with Gasteiger partial charge in [-0.2, -0.15) is 0 Å². The fraction of sp³-hybridized carbons (Fsp3) is 0.756. The van der Waals surface area contributed by atoms with Crippen LogP contribution in [0.3, 0.4) is 0 Å². The molecular formula is C90H122O12. The molecule has 554 valence electrons. The number of ether oxygens (including phenoxy) is 7. The Hall–Kier alpha value is -5.10. The van der Waals surface area contributed by atoms with Gasteiger partial charge in [0.05, 0.1) is 37.6 Å². The normalized spacial score (nSPS) is 50.7. The molecule has 12 nitrogen and oxygen atoms in total. The third-order valence-electron chi connectivity index (χ3n) is 37.8. The molecule has 15 aliphatic rings. The smallest absolute Gasteiger partial charge is 0.317 e. The quantitative estimate of drug-likeness (QED) is 0.230. The molecule has 4 unspecified atom stereocenters. The van der Waals surface area contributed by atoms with Crippen molar-refractivity contribution in [2.75, 3.05) is 21.3 Å². The van der Waals surface area contributed by atoms with Crippen molar-refractivity contribution in [1.82, 2.24) is 0 Å². The molecule has 0 amide bonds. The second kappa shape index (κ2) is 20.8.